The van der Waals surface area contributed by atoms with Crippen LogP contribution >= 0.6 is 0 Å². The van der Waals surface area contributed by atoms with E-state index in [-0.39, 0.29) is 17.2 Å². The van der Waals surface area contributed by atoms with E-state index in [4.69, 9.17) is 0 Å². The van der Waals surface area contributed by atoms with Crippen LogP contribution in [0.2, 0.25) is 0 Å². The van der Waals surface area contributed by atoms with Gasteiger partial charge in [0.25, 0.3) is 0 Å². The first-order valence-corrected chi connectivity index (χ1v) is 11.2. The number of benzene rings is 2. The fraction of sp³-hybridized carbons (Fsp3) is 0.500. The van der Waals surface area contributed by atoms with E-state index in [1.165, 1.54) is 17.5 Å². The van der Waals surface area contributed by atoms with Crippen LogP contribution in [0.3, 0.4) is 0 Å². The van der Waals surface area contributed by atoms with Crippen molar-refractivity contribution in [2.75, 3.05) is 6.54 Å². The van der Waals surface area contributed by atoms with Crippen molar-refractivity contribution in [3.63, 3.8) is 0 Å². The highest BCUT2D eigenvalue weighted by molar-refractivity contribution is 5.83. The van der Waals surface area contributed by atoms with Gasteiger partial charge in [-0.15, -0.1) is 0 Å². The fourth-order valence-corrected chi connectivity index (χ4v) is 6.89. The summed E-state index contributed by atoms with van der Waals surface area (Å²) in [4.78, 5) is 13.3. The van der Waals surface area contributed by atoms with Crippen molar-refractivity contribution in [1.29, 1.82) is 0 Å². The lowest BCUT2D eigenvalue weighted by molar-refractivity contribution is -0.178. The standard InChI is InChI=1S/C26H31NO2/c28-24(25-14-19-13-20(15-25)17-26(29,16-19)18-25)27-12-11-23(21-7-3-1-4-8-21)22-9-5-2-6-10-22/h1-10,19-20,23,29H,11-18H2,(H,27,28). The molecular formula is C26H31NO2. The van der Waals surface area contributed by atoms with Gasteiger partial charge in [-0.25, -0.2) is 0 Å². The van der Waals surface area contributed by atoms with E-state index in [0.717, 1.165) is 32.1 Å². The Labute approximate surface area is 173 Å². The minimum atomic E-state index is -0.585. The van der Waals surface area contributed by atoms with Crippen molar-refractivity contribution in [3.8, 4) is 0 Å². The first kappa shape index (κ1) is 18.9. The summed E-state index contributed by atoms with van der Waals surface area (Å²) in [5, 5.41) is 14.2. The minimum Gasteiger partial charge on any atom is -0.390 e. The van der Waals surface area contributed by atoms with E-state index in [2.05, 4.69) is 53.8 Å². The third-order valence-corrected chi connectivity index (χ3v) is 7.63. The Bertz CT molecular complexity index is 809. The molecule has 29 heavy (non-hydrogen) atoms. The van der Waals surface area contributed by atoms with Crippen LogP contribution in [0.4, 0.5) is 0 Å². The number of carbonyl (C=O) groups excluding carboxylic acids is 1. The Kier molecular flexibility index (Phi) is 4.74. The molecule has 4 aliphatic carbocycles. The Morgan fingerprint density at radius 2 is 1.48 bits per heavy atom. The van der Waals surface area contributed by atoms with Crippen LogP contribution < -0.4 is 5.32 Å². The molecule has 0 heterocycles. The maximum absolute atomic E-state index is 13.3. The average molecular weight is 390 g/mol. The molecule has 4 aliphatic rings. The molecule has 0 aliphatic heterocycles. The van der Waals surface area contributed by atoms with Gasteiger partial charge in [-0.1, -0.05) is 60.7 Å². The van der Waals surface area contributed by atoms with Crippen molar-refractivity contribution in [2.24, 2.45) is 17.3 Å². The van der Waals surface area contributed by atoms with Crippen LogP contribution in [-0.4, -0.2) is 23.2 Å². The summed E-state index contributed by atoms with van der Waals surface area (Å²) in [6.45, 7) is 0.669. The van der Waals surface area contributed by atoms with Gasteiger partial charge in [0.1, 0.15) is 0 Å². The quantitative estimate of drug-likeness (QED) is 0.755. The molecule has 2 N–H and O–H groups in total. The topological polar surface area (TPSA) is 49.3 Å². The van der Waals surface area contributed by atoms with E-state index >= 15 is 0 Å². The largest absolute Gasteiger partial charge is 0.390 e. The maximum atomic E-state index is 13.3. The predicted molar refractivity (Wildman–Crippen MR) is 114 cm³/mol. The number of rotatable bonds is 6. The molecule has 0 aromatic heterocycles. The molecule has 2 aromatic carbocycles. The van der Waals surface area contributed by atoms with Gasteiger partial charge in [-0.05, 0) is 67.9 Å². The van der Waals surface area contributed by atoms with Crippen LogP contribution in [0.5, 0.6) is 0 Å². The third kappa shape index (κ3) is 3.61. The van der Waals surface area contributed by atoms with Crippen molar-refractivity contribution >= 4 is 5.91 Å². The number of hydrogen-bond donors (Lipinski definition) is 2. The van der Waals surface area contributed by atoms with Gasteiger partial charge >= 0.3 is 0 Å². The molecule has 4 bridgehead atoms. The molecule has 1 amide bonds. The Balaban J connectivity index is 1.28. The van der Waals surface area contributed by atoms with E-state index in [1.54, 1.807) is 0 Å². The summed E-state index contributed by atoms with van der Waals surface area (Å²) in [5.74, 6) is 1.53. The number of nitrogens with one attached hydrogen (secondary N) is 1. The smallest absolute Gasteiger partial charge is 0.226 e. The summed E-state index contributed by atoms with van der Waals surface area (Å²) < 4.78 is 0. The number of carbonyl (C=O) groups is 1. The first-order valence-electron chi connectivity index (χ1n) is 11.2. The van der Waals surface area contributed by atoms with E-state index < -0.39 is 5.60 Å². The Morgan fingerprint density at radius 1 is 0.931 bits per heavy atom. The van der Waals surface area contributed by atoms with Gasteiger partial charge < -0.3 is 10.4 Å². The number of aliphatic hydroxyl groups is 1. The lowest BCUT2D eigenvalue weighted by atomic mass is 9.47. The molecule has 3 nitrogen and oxygen atoms in total. The second-order valence-electron chi connectivity index (χ2n) is 9.88. The number of hydrogen-bond acceptors (Lipinski definition) is 2. The fourth-order valence-electron chi connectivity index (χ4n) is 6.89. The first-order chi connectivity index (χ1) is 14.1. The molecule has 2 aromatic rings. The van der Waals surface area contributed by atoms with Gasteiger partial charge in [0.2, 0.25) is 5.91 Å². The average Bonchev–Trinajstić information content (AvgIpc) is 2.70. The van der Waals surface area contributed by atoms with Gasteiger partial charge in [0.05, 0.1) is 11.0 Å². The van der Waals surface area contributed by atoms with Crippen LogP contribution in [0, 0.1) is 17.3 Å². The lowest BCUT2D eigenvalue weighted by Crippen LogP contribution is -2.60. The highest BCUT2D eigenvalue weighted by Gasteiger charge is 2.60. The zero-order valence-electron chi connectivity index (χ0n) is 17.0. The molecule has 4 saturated carbocycles. The molecule has 2 unspecified atom stereocenters. The SMILES string of the molecule is O=C(NCCC(c1ccccc1)c1ccccc1)C12CC3CC(CC(O)(C3)C1)C2. The zero-order valence-corrected chi connectivity index (χ0v) is 17.0. The molecule has 0 spiro atoms. The highest BCUT2D eigenvalue weighted by Crippen LogP contribution is 2.61. The van der Waals surface area contributed by atoms with E-state index in [9.17, 15) is 9.90 Å². The third-order valence-electron chi connectivity index (χ3n) is 7.63. The summed E-state index contributed by atoms with van der Waals surface area (Å²) in [6.07, 6.45) is 6.51. The molecule has 0 saturated heterocycles. The Morgan fingerprint density at radius 3 is 2.00 bits per heavy atom. The summed E-state index contributed by atoms with van der Waals surface area (Å²) in [6, 6.07) is 21.1. The van der Waals surface area contributed by atoms with Crippen molar-refractivity contribution in [1.82, 2.24) is 5.32 Å². The maximum Gasteiger partial charge on any atom is 0.226 e. The van der Waals surface area contributed by atoms with Crippen LogP contribution in [-0.2, 0) is 4.79 Å². The normalized spacial score (nSPS) is 32.5. The van der Waals surface area contributed by atoms with Gasteiger partial charge in [-0.2, -0.15) is 0 Å². The van der Waals surface area contributed by atoms with Crippen molar-refractivity contribution in [3.05, 3.63) is 71.8 Å². The number of amides is 1. The molecule has 6 rings (SSSR count). The minimum absolute atomic E-state index is 0.185. The van der Waals surface area contributed by atoms with Crippen LogP contribution in [0.15, 0.2) is 60.7 Å². The zero-order chi connectivity index (χ0) is 19.9. The predicted octanol–water partition coefficient (Wildman–Crippen LogP) is 4.66. The summed E-state index contributed by atoms with van der Waals surface area (Å²) in [5.41, 5.74) is 1.67. The van der Waals surface area contributed by atoms with Gasteiger partial charge in [0, 0.05) is 12.5 Å². The van der Waals surface area contributed by atoms with Crippen LogP contribution in [0.1, 0.15) is 62.0 Å². The second kappa shape index (κ2) is 7.28. The molecule has 3 heteroatoms. The molecule has 0 radical (unpaired) electrons. The van der Waals surface area contributed by atoms with E-state index in [1.807, 2.05) is 12.1 Å². The monoisotopic (exact) mass is 389 g/mol. The lowest BCUT2D eigenvalue weighted by Gasteiger charge is -2.59. The molecule has 2 atom stereocenters. The van der Waals surface area contributed by atoms with Crippen molar-refractivity contribution < 1.29 is 9.90 Å². The summed E-state index contributed by atoms with van der Waals surface area (Å²) >= 11 is 0. The van der Waals surface area contributed by atoms with Crippen molar-refractivity contribution in [2.45, 2.75) is 56.5 Å². The Hall–Kier alpha value is -2.13. The van der Waals surface area contributed by atoms with Gasteiger partial charge in [0.15, 0.2) is 0 Å². The molecule has 4 fully saturated rings. The highest BCUT2D eigenvalue weighted by atomic mass is 16.3. The second-order valence-corrected chi connectivity index (χ2v) is 9.88. The van der Waals surface area contributed by atoms with Crippen LogP contribution in [0.25, 0.3) is 0 Å². The van der Waals surface area contributed by atoms with Gasteiger partial charge in [-0.3, -0.25) is 4.79 Å². The molecular weight excluding hydrogens is 358 g/mol. The summed E-state index contributed by atoms with van der Waals surface area (Å²) in [7, 11) is 0. The molecule has 152 valence electrons. The van der Waals surface area contributed by atoms with E-state index in [0.29, 0.717) is 24.8 Å².